The van der Waals surface area contributed by atoms with Crippen LogP contribution >= 0.6 is 0 Å². The summed E-state index contributed by atoms with van der Waals surface area (Å²) in [5.74, 6) is 0.523. The van der Waals surface area contributed by atoms with E-state index in [2.05, 4.69) is 9.97 Å². The van der Waals surface area contributed by atoms with Crippen LogP contribution in [-0.4, -0.2) is 20.8 Å². The first kappa shape index (κ1) is 9.70. The summed E-state index contributed by atoms with van der Waals surface area (Å²) in [6, 6.07) is -0.0786. The van der Waals surface area contributed by atoms with Crippen molar-refractivity contribution in [2.75, 3.05) is 11.5 Å². The molecule has 1 aliphatic rings. The van der Waals surface area contributed by atoms with E-state index in [4.69, 9.17) is 11.5 Å². The molecule has 4 N–H and O–H groups in total. The Morgan fingerprint density at radius 1 is 1.47 bits per heavy atom. The molecule has 0 saturated heterocycles. The molecule has 2 rings (SSSR count). The van der Waals surface area contributed by atoms with Crippen molar-refractivity contribution >= 4 is 17.7 Å². The SMILES string of the molecule is CC(=O)N1Cc2c(N)nc(N)nc2C1C. The fraction of sp³-hybridized carbons (Fsp3) is 0.444. The predicted molar refractivity (Wildman–Crippen MR) is 55.5 cm³/mol. The van der Waals surface area contributed by atoms with Crippen LogP contribution < -0.4 is 11.5 Å². The Labute approximate surface area is 87.3 Å². The highest BCUT2D eigenvalue weighted by Crippen LogP contribution is 2.34. The van der Waals surface area contributed by atoms with Crippen molar-refractivity contribution in [3.63, 3.8) is 0 Å². The third kappa shape index (κ3) is 1.38. The average molecular weight is 207 g/mol. The minimum absolute atomic E-state index is 0.00142. The highest BCUT2D eigenvalue weighted by Gasteiger charge is 2.32. The summed E-state index contributed by atoms with van der Waals surface area (Å²) >= 11 is 0. The summed E-state index contributed by atoms with van der Waals surface area (Å²) in [7, 11) is 0. The lowest BCUT2D eigenvalue weighted by Gasteiger charge is -2.18. The zero-order chi connectivity index (χ0) is 11.2. The van der Waals surface area contributed by atoms with Gasteiger partial charge in [-0.2, -0.15) is 4.98 Å². The van der Waals surface area contributed by atoms with Gasteiger partial charge in [-0.05, 0) is 6.92 Å². The Balaban J connectivity index is 2.49. The minimum Gasteiger partial charge on any atom is -0.383 e. The molecular formula is C9H13N5O. The first-order valence-corrected chi connectivity index (χ1v) is 4.69. The molecule has 0 saturated carbocycles. The molecule has 1 unspecified atom stereocenters. The van der Waals surface area contributed by atoms with Gasteiger partial charge in [0.25, 0.3) is 0 Å². The van der Waals surface area contributed by atoms with Gasteiger partial charge in [-0.3, -0.25) is 4.79 Å². The normalized spacial score (nSPS) is 19.1. The van der Waals surface area contributed by atoms with Gasteiger partial charge >= 0.3 is 0 Å². The molecule has 6 nitrogen and oxygen atoms in total. The zero-order valence-corrected chi connectivity index (χ0v) is 8.69. The van der Waals surface area contributed by atoms with Crippen LogP contribution in [0, 0.1) is 0 Å². The molecule has 0 spiro atoms. The minimum atomic E-state index is -0.0786. The van der Waals surface area contributed by atoms with E-state index < -0.39 is 0 Å². The number of amides is 1. The maximum Gasteiger partial charge on any atom is 0.222 e. The fourth-order valence-electron chi connectivity index (χ4n) is 1.88. The summed E-state index contributed by atoms with van der Waals surface area (Å²) in [5.41, 5.74) is 12.8. The Morgan fingerprint density at radius 2 is 2.13 bits per heavy atom. The van der Waals surface area contributed by atoms with Gasteiger partial charge in [0.15, 0.2) is 0 Å². The Bertz CT molecular complexity index is 431. The highest BCUT2D eigenvalue weighted by molar-refractivity contribution is 5.75. The maximum atomic E-state index is 11.3. The van der Waals surface area contributed by atoms with Crippen molar-refractivity contribution in [1.29, 1.82) is 0 Å². The summed E-state index contributed by atoms with van der Waals surface area (Å²) in [6.45, 7) is 3.90. The average Bonchev–Trinajstić information content (AvgIpc) is 2.44. The van der Waals surface area contributed by atoms with Crippen molar-refractivity contribution in [2.45, 2.75) is 26.4 Å². The van der Waals surface area contributed by atoms with Crippen LogP contribution in [0.5, 0.6) is 0 Å². The third-order valence-electron chi connectivity index (χ3n) is 2.68. The predicted octanol–water partition coefficient (Wildman–Crippen LogP) is 0.0641. The number of fused-ring (bicyclic) bond motifs is 1. The molecular weight excluding hydrogens is 194 g/mol. The number of anilines is 2. The number of hydrogen-bond donors (Lipinski definition) is 2. The fourth-order valence-corrected chi connectivity index (χ4v) is 1.88. The van der Waals surface area contributed by atoms with Crippen molar-refractivity contribution in [1.82, 2.24) is 14.9 Å². The molecule has 1 aromatic rings. The number of carbonyl (C=O) groups is 1. The number of nitrogens with zero attached hydrogens (tertiary/aromatic N) is 3. The van der Waals surface area contributed by atoms with E-state index in [1.165, 1.54) is 6.92 Å². The quantitative estimate of drug-likeness (QED) is 0.627. The first-order chi connectivity index (χ1) is 7.00. The van der Waals surface area contributed by atoms with Gasteiger partial charge in [0.05, 0.1) is 18.3 Å². The lowest BCUT2D eigenvalue weighted by molar-refractivity contribution is -0.130. The standard InChI is InChI=1S/C9H13N5O/c1-4-7-6(3-14(4)5(2)15)8(10)13-9(11)12-7/h4H,3H2,1-2H3,(H4,10,11,12,13). The largest absolute Gasteiger partial charge is 0.383 e. The number of hydrogen-bond acceptors (Lipinski definition) is 5. The van der Waals surface area contributed by atoms with Crippen LogP contribution in [0.2, 0.25) is 0 Å². The number of nitrogens with two attached hydrogens (primary N) is 2. The Morgan fingerprint density at radius 3 is 2.73 bits per heavy atom. The highest BCUT2D eigenvalue weighted by atomic mass is 16.2. The molecule has 15 heavy (non-hydrogen) atoms. The molecule has 0 radical (unpaired) electrons. The molecule has 0 aliphatic carbocycles. The number of rotatable bonds is 0. The van der Waals surface area contributed by atoms with E-state index >= 15 is 0 Å². The zero-order valence-electron chi connectivity index (χ0n) is 8.69. The second kappa shape index (κ2) is 3.08. The van der Waals surface area contributed by atoms with Crippen LogP contribution in [0.4, 0.5) is 11.8 Å². The molecule has 2 heterocycles. The van der Waals surface area contributed by atoms with Crippen molar-refractivity contribution < 1.29 is 4.79 Å². The van der Waals surface area contributed by atoms with E-state index in [9.17, 15) is 4.79 Å². The number of nitrogen functional groups attached to an aromatic ring is 2. The molecule has 0 bridgehead atoms. The van der Waals surface area contributed by atoms with Crippen molar-refractivity contribution in [3.05, 3.63) is 11.3 Å². The summed E-state index contributed by atoms with van der Waals surface area (Å²) in [6.07, 6.45) is 0. The maximum absolute atomic E-state index is 11.3. The molecule has 1 amide bonds. The van der Waals surface area contributed by atoms with E-state index in [-0.39, 0.29) is 17.9 Å². The van der Waals surface area contributed by atoms with E-state index in [1.807, 2.05) is 6.92 Å². The summed E-state index contributed by atoms with van der Waals surface area (Å²) in [5, 5.41) is 0. The van der Waals surface area contributed by atoms with E-state index in [0.717, 1.165) is 11.3 Å². The topological polar surface area (TPSA) is 98.1 Å². The van der Waals surface area contributed by atoms with Gasteiger partial charge < -0.3 is 16.4 Å². The van der Waals surface area contributed by atoms with Crippen LogP contribution in [0.1, 0.15) is 31.1 Å². The smallest absolute Gasteiger partial charge is 0.222 e. The molecule has 0 aromatic carbocycles. The number of aromatic nitrogens is 2. The van der Waals surface area contributed by atoms with Crippen LogP contribution in [-0.2, 0) is 11.3 Å². The first-order valence-electron chi connectivity index (χ1n) is 4.69. The van der Waals surface area contributed by atoms with Crippen LogP contribution in [0.15, 0.2) is 0 Å². The molecule has 0 fully saturated rings. The van der Waals surface area contributed by atoms with Crippen LogP contribution in [0.3, 0.4) is 0 Å². The van der Waals surface area contributed by atoms with E-state index in [0.29, 0.717) is 12.4 Å². The van der Waals surface area contributed by atoms with Crippen molar-refractivity contribution in [3.8, 4) is 0 Å². The van der Waals surface area contributed by atoms with Gasteiger partial charge in [-0.25, -0.2) is 4.98 Å². The van der Waals surface area contributed by atoms with Gasteiger partial charge in [-0.15, -0.1) is 0 Å². The molecule has 1 atom stereocenters. The number of carbonyl (C=O) groups excluding carboxylic acids is 1. The van der Waals surface area contributed by atoms with Gasteiger partial charge in [-0.1, -0.05) is 0 Å². The van der Waals surface area contributed by atoms with Gasteiger partial charge in [0, 0.05) is 12.5 Å². The van der Waals surface area contributed by atoms with Gasteiger partial charge in [0.1, 0.15) is 5.82 Å². The van der Waals surface area contributed by atoms with Crippen molar-refractivity contribution in [2.24, 2.45) is 0 Å². The lowest BCUT2D eigenvalue weighted by Crippen LogP contribution is -2.25. The summed E-state index contributed by atoms with van der Waals surface area (Å²) < 4.78 is 0. The van der Waals surface area contributed by atoms with E-state index in [1.54, 1.807) is 4.90 Å². The monoisotopic (exact) mass is 207 g/mol. The Kier molecular flexibility index (Phi) is 1.99. The molecule has 80 valence electrons. The Hall–Kier alpha value is -1.85. The second-order valence-corrected chi connectivity index (χ2v) is 3.65. The third-order valence-corrected chi connectivity index (χ3v) is 2.68. The molecule has 1 aromatic heterocycles. The van der Waals surface area contributed by atoms with Crippen LogP contribution in [0.25, 0.3) is 0 Å². The molecule has 6 heteroatoms. The lowest BCUT2D eigenvalue weighted by atomic mass is 10.2. The van der Waals surface area contributed by atoms with Gasteiger partial charge in [0.2, 0.25) is 11.9 Å². The second-order valence-electron chi connectivity index (χ2n) is 3.65. The summed E-state index contributed by atoms with van der Waals surface area (Å²) in [4.78, 5) is 21.0. The molecule has 1 aliphatic heterocycles.